The Bertz CT molecular complexity index is 718. The van der Waals surface area contributed by atoms with Crippen LogP contribution in [-0.2, 0) is 6.42 Å². The fraction of sp³-hybridized carbons (Fsp3) is 0.133. The number of halogens is 1. The summed E-state index contributed by atoms with van der Waals surface area (Å²) in [5, 5.41) is 0. The molecular weight excluding hydrogens is 241 g/mol. The number of nitrogens with zero attached hydrogens (tertiary/aromatic N) is 1. The van der Waals surface area contributed by atoms with E-state index in [0.717, 1.165) is 34.4 Å². The van der Waals surface area contributed by atoms with Gasteiger partial charge in [0.15, 0.2) is 0 Å². The molecule has 3 N–H and O–H groups in total. The minimum atomic E-state index is -0.231. The molecule has 19 heavy (non-hydrogen) atoms. The first kappa shape index (κ1) is 11.9. The summed E-state index contributed by atoms with van der Waals surface area (Å²) in [4.78, 5) is 7.68. The molecule has 4 heteroatoms. The van der Waals surface area contributed by atoms with Crippen molar-refractivity contribution < 1.29 is 4.39 Å². The lowest BCUT2D eigenvalue weighted by Crippen LogP contribution is -2.03. The van der Waals surface area contributed by atoms with Crippen LogP contribution in [0.3, 0.4) is 0 Å². The van der Waals surface area contributed by atoms with Crippen molar-refractivity contribution >= 4 is 11.0 Å². The van der Waals surface area contributed by atoms with E-state index in [0.29, 0.717) is 6.54 Å². The zero-order chi connectivity index (χ0) is 13.2. The van der Waals surface area contributed by atoms with E-state index >= 15 is 0 Å². The highest BCUT2D eigenvalue weighted by Gasteiger charge is 2.05. The monoisotopic (exact) mass is 255 g/mol. The van der Waals surface area contributed by atoms with Crippen LogP contribution in [0.2, 0.25) is 0 Å². The third kappa shape index (κ3) is 2.35. The molecule has 0 aliphatic rings. The highest BCUT2D eigenvalue weighted by atomic mass is 19.1. The lowest BCUT2D eigenvalue weighted by atomic mass is 10.1. The predicted molar refractivity (Wildman–Crippen MR) is 74.2 cm³/mol. The van der Waals surface area contributed by atoms with Crippen LogP contribution < -0.4 is 5.73 Å². The average Bonchev–Trinajstić information content (AvgIpc) is 2.80. The zero-order valence-electron chi connectivity index (χ0n) is 10.4. The van der Waals surface area contributed by atoms with Gasteiger partial charge in [0.05, 0.1) is 11.0 Å². The van der Waals surface area contributed by atoms with Crippen LogP contribution in [0.5, 0.6) is 0 Å². The van der Waals surface area contributed by atoms with Crippen LogP contribution in [-0.4, -0.2) is 16.5 Å². The number of aromatic amines is 1. The number of hydrogen-bond acceptors (Lipinski definition) is 2. The van der Waals surface area contributed by atoms with E-state index in [9.17, 15) is 4.39 Å². The van der Waals surface area contributed by atoms with Gasteiger partial charge in [-0.05, 0) is 41.9 Å². The molecule has 0 saturated heterocycles. The normalized spacial score (nSPS) is 11.1. The van der Waals surface area contributed by atoms with E-state index < -0.39 is 0 Å². The molecule has 2 aromatic carbocycles. The highest BCUT2D eigenvalue weighted by Crippen LogP contribution is 2.24. The van der Waals surface area contributed by atoms with E-state index in [2.05, 4.69) is 9.97 Å². The molecule has 0 fully saturated rings. The molecule has 0 radical (unpaired) electrons. The SMILES string of the molecule is NCCc1nc2ccc(-c3cccc(F)c3)cc2[nH]1. The second-order valence-corrected chi connectivity index (χ2v) is 4.46. The Labute approximate surface area is 110 Å². The molecule has 0 bridgehead atoms. The minimum Gasteiger partial charge on any atom is -0.342 e. The highest BCUT2D eigenvalue weighted by molar-refractivity contribution is 5.82. The summed E-state index contributed by atoms with van der Waals surface area (Å²) < 4.78 is 13.2. The standard InChI is InChI=1S/C15H14FN3/c16-12-3-1-2-10(8-12)11-4-5-13-14(9-11)19-15(18-13)6-7-17/h1-5,8-9H,6-7,17H2,(H,18,19). The van der Waals surface area contributed by atoms with Gasteiger partial charge in [-0.25, -0.2) is 9.37 Å². The predicted octanol–water partition coefficient (Wildman–Crippen LogP) is 2.87. The lowest BCUT2D eigenvalue weighted by Gasteiger charge is -2.01. The Morgan fingerprint density at radius 2 is 1.95 bits per heavy atom. The molecule has 0 aliphatic carbocycles. The van der Waals surface area contributed by atoms with E-state index in [4.69, 9.17) is 5.73 Å². The summed E-state index contributed by atoms with van der Waals surface area (Å²) in [6.45, 7) is 0.566. The van der Waals surface area contributed by atoms with Crippen molar-refractivity contribution in [1.29, 1.82) is 0 Å². The largest absolute Gasteiger partial charge is 0.342 e. The van der Waals surface area contributed by atoms with Crippen LogP contribution in [0, 0.1) is 5.82 Å². The number of benzene rings is 2. The maximum absolute atomic E-state index is 13.2. The first-order valence-electron chi connectivity index (χ1n) is 6.21. The van der Waals surface area contributed by atoms with Crippen molar-refractivity contribution in [3.63, 3.8) is 0 Å². The lowest BCUT2D eigenvalue weighted by molar-refractivity contribution is 0.628. The summed E-state index contributed by atoms with van der Waals surface area (Å²) in [7, 11) is 0. The number of H-pyrrole nitrogens is 1. The number of fused-ring (bicyclic) bond motifs is 1. The van der Waals surface area contributed by atoms with Crippen molar-refractivity contribution in [3.8, 4) is 11.1 Å². The zero-order valence-corrected chi connectivity index (χ0v) is 10.4. The van der Waals surface area contributed by atoms with Crippen LogP contribution in [0.25, 0.3) is 22.2 Å². The summed E-state index contributed by atoms with van der Waals surface area (Å²) in [6, 6.07) is 12.4. The maximum atomic E-state index is 13.2. The summed E-state index contributed by atoms with van der Waals surface area (Å²) in [5.74, 6) is 0.653. The minimum absolute atomic E-state index is 0.231. The van der Waals surface area contributed by atoms with Gasteiger partial charge in [-0.1, -0.05) is 18.2 Å². The molecule has 0 amide bonds. The molecule has 3 nitrogen and oxygen atoms in total. The Morgan fingerprint density at radius 3 is 2.74 bits per heavy atom. The second-order valence-electron chi connectivity index (χ2n) is 4.46. The Kier molecular flexibility index (Phi) is 3.01. The summed E-state index contributed by atoms with van der Waals surface area (Å²) >= 11 is 0. The Balaban J connectivity index is 2.05. The third-order valence-electron chi connectivity index (χ3n) is 3.07. The number of imidazole rings is 1. The first-order chi connectivity index (χ1) is 9.26. The van der Waals surface area contributed by atoms with Crippen molar-refractivity contribution in [1.82, 2.24) is 9.97 Å². The molecular formula is C15H14FN3. The summed E-state index contributed by atoms with van der Waals surface area (Å²) in [5.41, 5.74) is 9.20. The Morgan fingerprint density at radius 1 is 1.11 bits per heavy atom. The quantitative estimate of drug-likeness (QED) is 0.756. The van der Waals surface area contributed by atoms with Gasteiger partial charge in [0.25, 0.3) is 0 Å². The van der Waals surface area contributed by atoms with Gasteiger partial charge in [-0.15, -0.1) is 0 Å². The van der Waals surface area contributed by atoms with Gasteiger partial charge in [0.1, 0.15) is 11.6 Å². The smallest absolute Gasteiger partial charge is 0.123 e. The van der Waals surface area contributed by atoms with Gasteiger partial charge in [0, 0.05) is 6.42 Å². The Hall–Kier alpha value is -2.20. The molecule has 0 unspecified atom stereocenters. The molecule has 3 aromatic rings. The maximum Gasteiger partial charge on any atom is 0.123 e. The van der Waals surface area contributed by atoms with Gasteiger partial charge in [-0.2, -0.15) is 0 Å². The van der Waals surface area contributed by atoms with Gasteiger partial charge >= 0.3 is 0 Å². The van der Waals surface area contributed by atoms with Crippen molar-refractivity contribution in [3.05, 3.63) is 54.1 Å². The van der Waals surface area contributed by atoms with Gasteiger partial charge < -0.3 is 10.7 Å². The first-order valence-corrected chi connectivity index (χ1v) is 6.21. The number of hydrogen-bond donors (Lipinski definition) is 2. The van der Waals surface area contributed by atoms with E-state index in [-0.39, 0.29) is 5.82 Å². The molecule has 0 spiro atoms. The average molecular weight is 255 g/mol. The molecule has 96 valence electrons. The molecule has 1 aromatic heterocycles. The molecule has 0 atom stereocenters. The number of nitrogens with two attached hydrogens (primary N) is 1. The second kappa shape index (κ2) is 4.82. The van der Waals surface area contributed by atoms with Crippen molar-refractivity contribution in [2.75, 3.05) is 6.54 Å². The topological polar surface area (TPSA) is 54.7 Å². The van der Waals surface area contributed by atoms with Crippen LogP contribution in [0.15, 0.2) is 42.5 Å². The number of aromatic nitrogens is 2. The van der Waals surface area contributed by atoms with Crippen molar-refractivity contribution in [2.45, 2.75) is 6.42 Å². The molecule has 3 rings (SSSR count). The molecule has 0 saturated carbocycles. The molecule has 1 heterocycles. The number of nitrogens with one attached hydrogen (secondary N) is 1. The van der Waals surface area contributed by atoms with Crippen molar-refractivity contribution in [2.24, 2.45) is 5.73 Å². The number of rotatable bonds is 3. The summed E-state index contributed by atoms with van der Waals surface area (Å²) in [6.07, 6.45) is 0.726. The molecule has 0 aliphatic heterocycles. The van der Waals surface area contributed by atoms with E-state index in [1.165, 1.54) is 12.1 Å². The third-order valence-corrected chi connectivity index (χ3v) is 3.07. The van der Waals surface area contributed by atoms with Crippen LogP contribution in [0.4, 0.5) is 4.39 Å². The fourth-order valence-corrected chi connectivity index (χ4v) is 2.17. The fourth-order valence-electron chi connectivity index (χ4n) is 2.17. The van der Waals surface area contributed by atoms with Gasteiger partial charge in [-0.3, -0.25) is 0 Å². The van der Waals surface area contributed by atoms with Crippen LogP contribution in [0.1, 0.15) is 5.82 Å². The van der Waals surface area contributed by atoms with E-state index in [1.807, 2.05) is 24.3 Å². The van der Waals surface area contributed by atoms with Gasteiger partial charge in [0.2, 0.25) is 0 Å². The van der Waals surface area contributed by atoms with E-state index in [1.54, 1.807) is 6.07 Å². The van der Waals surface area contributed by atoms with Crippen LogP contribution >= 0.6 is 0 Å².